The molecule has 0 N–H and O–H groups in total. The van der Waals surface area contributed by atoms with E-state index in [9.17, 15) is 0 Å². The van der Waals surface area contributed by atoms with Crippen LogP contribution < -0.4 is 4.74 Å². The Bertz CT molecular complexity index is 484. The monoisotopic (exact) mass is 240 g/mol. The van der Waals surface area contributed by atoms with Crippen LogP contribution in [0, 0.1) is 13.8 Å². The van der Waals surface area contributed by atoms with Gasteiger partial charge in [-0.2, -0.15) is 4.37 Å². The summed E-state index contributed by atoms with van der Waals surface area (Å²) in [6.07, 6.45) is 0. The second-order valence-corrected chi connectivity index (χ2v) is 4.09. The number of aromatic nitrogens is 2. The van der Waals surface area contributed by atoms with Crippen molar-refractivity contribution in [3.05, 3.63) is 34.5 Å². The van der Waals surface area contributed by atoms with Gasteiger partial charge in [0, 0.05) is 0 Å². The fourth-order valence-corrected chi connectivity index (χ4v) is 1.73. The molecule has 0 radical (unpaired) electrons. The van der Waals surface area contributed by atoms with Crippen LogP contribution in [0.5, 0.6) is 11.6 Å². The van der Waals surface area contributed by atoms with Crippen LogP contribution in [0.1, 0.15) is 11.1 Å². The maximum absolute atomic E-state index is 5.77. The Morgan fingerprint density at radius 2 is 2.00 bits per heavy atom. The number of aryl methyl sites for hydroxylation is 2. The van der Waals surface area contributed by atoms with E-state index in [1.54, 1.807) is 0 Å². The normalized spacial score (nSPS) is 10.3. The second kappa shape index (κ2) is 4.16. The Morgan fingerprint density at radius 3 is 2.60 bits per heavy atom. The Morgan fingerprint density at radius 1 is 1.20 bits per heavy atom. The summed E-state index contributed by atoms with van der Waals surface area (Å²) in [4.78, 5) is 0. The molecule has 0 saturated carbocycles. The maximum atomic E-state index is 5.77. The van der Waals surface area contributed by atoms with Gasteiger partial charge in [-0.1, -0.05) is 17.7 Å². The van der Waals surface area contributed by atoms with Crippen LogP contribution in [-0.4, -0.2) is 8.75 Å². The van der Waals surface area contributed by atoms with Gasteiger partial charge in [-0.15, -0.1) is 4.37 Å². The van der Waals surface area contributed by atoms with Gasteiger partial charge in [0.25, 0.3) is 5.88 Å². The summed E-state index contributed by atoms with van der Waals surface area (Å²) in [5, 5.41) is 0.304. The van der Waals surface area contributed by atoms with E-state index in [4.69, 9.17) is 16.3 Å². The number of halogens is 1. The van der Waals surface area contributed by atoms with Gasteiger partial charge in [-0.25, -0.2) is 0 Å². The van der Waals surface area contributed by atoms with Crippen molar-refractivity contribution in [2.45, 2.75) is 13.8 Å². The highest BCUT2D eigenvalue weighted by Crippen LogP contribution is 2.27. The number of hydrogen-bond acceptors (Lipinski definition) is 4. The minimum Gasteiger partial charge on any atom is -0.436 e. The van der Waals surface area contributed by atoms with E-state index in [2.05, 4.69) is 15.7 Å². The van der Waals surface area contributed by atoms with Crippen LogP contribution in [0.2, 0.25) is 5.15 Å². The van der Waals surface area contributed by atoms with E-state index in [0.29, 0.717) is 11.0 Å². The summed E-state index contributed by atoms with van der Waals surface area (Å²) in [6, 6.07) is 5.83. The molecule has 0 fully saturated rings. The molecule has 0 saturated heterocycles. The van der Waals surface area contributed by atoms with E-state index >= 15 is 0 Å². The topological polar surface area (TPSA) is 35.0 Å². The van der Waals surface area contributed by atoms with Gasteiger partial charge in [-0.3, -0.25) is 0 Å². The molecule has 3 nitrogen and oxygen atoms in total. The minimum atomic E-state index is 0.304. The fraction of sp³-hybridized carbons (Fsp3) is 0.200. The number of hydrogen-bond donors (Lipinski definition) is 0. The number of rotatable bonds is 2. The second-order valence-electron chi connectivity index (χ2n) is 3.21. The first kappa shape index (κ1) is 10.4. The molecule has 1 aromatic carbocycles. The molecule has 0 amide bonds. The van der Waals surface area contributed by atoms with Gasteiger partial charge in [0.15, 0.2) is 0 Å². The molecule has 0 aliphatic rings. The molecule has 5 heteroatoms. The first-order valence-corrected chi connectivity index (χ1v) is 5.51. The molecule has 0 aliphatic heterocycles. The van der Waals surface area contributed by atoms with Crippen LogP contribution in [0.15, 0.2) is 18.2 Å². The van der Waals surface area contributed by atoms with Crippen molar-refractivity contribution in [2.24, 2.45) is 0 Å². The van der Waals surface area contributed by atoms with Crippen LogP contribution in [-0.2, 0) is 0 Å². The van der Waals surface area contributed by atoms with Gasteiger partial charge in [0.2, 0.25) is 5.15 Å². The molecule has 0 atom stereocenters. The molecular formula is C10H9ClN2OS. The fourth-order valence-electron chi connectivity index (χ4n) is 1.12. The lowest BCUT2D eigenvalue weighted by molar-refractivity contribution is 0.467. The van der Waals surface area contributed by atoms with Crippen LogP contribution in [0.25, 0.3) is 0 Å². The summed E-state index contributed by atoms with van der Waals surface area (Å²) in [5.74, 6) is 1.10. The Kier molecular flexibility index (Phi) is 2.88. The molecule has 2 rings (SSSR count). The van der Waals surface area contributed by atoms with Gasteiger partial charge in [0.1, 0.15) is 5.75 Å². The van der Waals surface area contributed by atoms with Crippen molar-refractivity contribution in [2.75, 3.05) is 0 Å². The maximum Gasteiger partial charge on any atom is 0.270 e. The van der Waals surface area contributed by atoms with Gasteiger partial charge < -0.3 is 4.74 Å². The number of ether oxygens (including phenoxy) is 1. The SMILES string of the molecule is Cc1ccc(Oc2nsnc2Cl)cc1C. The molecular weight excluding hydrogens is 232 g/mol. The molecule has 0 bridgehead atoms. The molecule has 0 spiro atoms. The van der Waals surface area contributed by atoms with Crippen LogP contribution in [0.4, 0.5) is 0 Å². The van der Waals surface area contributed by atoms with Crippen molar-refractivity contribution in [1.29, 1.82) is 0 Å². The van der Waals surface area contributed by atoms with E-state index in [-0.39, 0.29) is 0 Å². The highest BCUT2D eigenvalue weighted by molar-refractivity contribution is 6.99. The number of benzene rings is 1. The summed E-state index contributed by atoms with van der Waals surface area (Å²) in [7, 11) is 0. The van der Waals surface area contributed by atoms with Gasteiger partial charge in [0.05, 0.1) is 11.7 Å². The van der Waals surface area contributed by atoms with Gasteiger partial charge >= 0.3 is 0 Å². The van der Waals surface area contributed by atoms with Crippen LogP contribution in [0.3, 0.4) is 0 Å². The first-order chi connectivity index (χ1) is 7.16. The third kappa shape index (κ3) is 2.27. The zero-order chi connectivity index (χ0) is 10.8. The molecule has 2 aromatic rings. The largest absolute Gasteiger partial charge is 0.436 e. The molecule has 15 heavy (non-hydrogen) atoms. The Balaban J connectivity index is 2.25. The van der Waals surface area contributed by atoms with E-state index in [1.165, 1.54) is 11.1 Å². The zero-order valence-electron chi connectivity index (χ0n) is 8.32. The Labute approximate surface area is 97.0 Å². The molecule has 1 aromatic heterocycles. The quantitative estimate of drug-likeness (QED) is 0.805. The standard InChI is InChI=1S/C10H9ClN2OS/c1-6-3-4-8(5-7(6)2)14-10-9(11)12-15-13-10/h3-5H,1-2H3. The highest BCUT2D eigenvalue weighted by atomic mass is 35.5. The van der Waals surface area contributed by atoms with Gasteiger partial charge in [-0.05, 0) is 37.1 Å². The van der Waals surface area contributed by atoms with E-state index < -0.39 is 0 Å². The van der Waals surface area contributed by atoms with E-state index in [1.807, 2.05) is 25.1 Å². The summed E-state index contributed by atoms with van der Waals surface area (Å²) >= 11 is 6.81. The average Bonchev–Trinajstić information content (AvgIpc) is 2.59. The lowest BCUT2D eigenvalue weighted by atomic mass is 10.1. The molecule has 78 valence electrons. The first-order valence-electron chi connectivity index (χ1n) is 4.40. The molecule has 0 aliphatic carbocycles. The van der Waals surface area contributed by atoms with E-state index in [0.717, 1.165) is 17.5 Å². The zero-order valence-corrected chi connectivity index (χ0v) is 9.89. The third-order valence-corrected chi connectivity index (χ3v) is 2.97. The minimum absolute atomic E-state index is 0.304. The number of nitrogens with zero attached hydrogens (tertiary/aromatic N) is 2. The molecule has 1 heterocycles. The lowest BCUT2D eigenvalue weighted by Crippen LogP contribution is -1.87. The van der Waals surface area contributed by atoms with Crippen molar-refractivity contribution in [3.8, 4) is 11.6 Å². The summed E-state index contributed by atoms with van der Waals surface area (Å²) < 4.78 is 13.3. The van der Waals surface area contributed by atoms with Crippen molar-refractivity contribution >= 4 is 23.3 Å². The summed E-state index contributed by atoms with van der Waals surface area (Å²) in [6.45, 7) is 4.08. The predicted octanol–water partition coefficient (Wildman–Crippen LogP) is 3.60. The lowest BCUT2D eigenvalue weighted by Gasteiger charge is -2.04. The summed E-state index contributed by atoms with van der Waals surface area (Å²) in [5.41, 5.74) is 2.40. The van der Waals surface area contributed by atoms with Crippen LogP contribution >= 0.6 is 23.3 Å². The molecule has 0 unspecified atom stereocenters. The predicted molar refractivity (Wildman–Crippen MR) is 60.9 cm³/mol. The Hall–Kier alpha value is -1.13. The van der Waals surface area contributed by atoms with Crippen molar-refractivity contribution in [1.82, 2.24) is 8.75 Å². The third-order valence-electron chi connectivity index (χ3n) is 2.11. The smallest absolute Gasteiger partial charge is 0.270 e. The van der Waals surface area contributed by atoms with Crippen molar-refractivity contribution in [3.63, 3.8) is 0 Å². The van der Waals surface area contributed by atoms with Crippen molar-refractivity contribution < 1.29 is 4.74 Å². The average molecular weight is 241 g/mol. The highest BCUT2D eigenvalue weighted by Gasteiger charge is 2.07.